The zero-order valence-corrected chi connectivity index (χ0v) is 15.8. The first-order valence-corrected chi connectivity index (χ1v) is 10.7. The molecule has 2 aliphatic rings. The van der Waals surface area contributed by atoms with Gasteiger partial charge in [-0.2, -0.15) is 0 Å². The number of rotatable bonds is 6. The number of nitrogens with one attached hydrogen (secondary N) is 1. The Hall–Kier alpha value is -1.70. The third-order valence-corrected chi connectivity index (χ3v) is 6.31. The van der Waals surface area contributed by atoms with Crippen LogP contribution in [0.3, 0.4) is 0 Å². The highest BCUT2D eigenvalue weighted by Gasteiger charge is 2.20. The van der Waals surface area contributed by atoms with Crippen LogP contribution in [0.1, 0.15) is 42.5 Å². The van der Waals surface area contributed by atoms with Gasteiger partial charge in [0.25, 0.3) is 5.91 Å². The molecule has 1 aliphatic heterocycles. The van der Waals surface area contributed by atoms with E-state index in [1.54, 1.807) is 17.0 Å². The molecule has 1 saturated heterocycles. The second kappa shape index (κ2) is 8.79. The highest BCUT2D eigenvalue weighted by molar-refractivity contribution is 7.89. The number of carbonyl (C=O) groups is 1. The van der Waals surface area contributed by atoms with Crippen molar-refractivity contribution in [3.63, 3.8) is 0 Å². The monoisotopic (exact) mass is 378 g/mol. The Balaban J connectivity index is 1.57. The fourth-order valence-electron chi connectivity index (χ4n) is 3.29. The van der Waals surface area contributed by atoms with Crippen LogP contribution in [0.2, 0.25) is 0 Å². The molecule has 0 atom stereocenters. The van der Waals surface area contributed by atoms with Gasteiger partial charge < -0.3 is 9.64 Å². The maximum Gasteiger partial charge on any atom is 0.254 e. The molecule has 0 bridgehead atoms. The van der Waals surface area contributed by atoms with Crippen LogP contribution in [0.25, 0.3) is 0 Å². The van der Waals surface area contributed by atoms with Crippen LogP contribution >= 0.6 is 0 Å². The Morgan fingerprint density at radius 1 is 1.12 bits per heavy atom. The molecule has 1 fully saturated rings. The Bertz CT molecular complexity index is 750. The maximum absolute atomic E-state index is 12.4. The number of hydrogen-bond acceptors (Lipinski definition) is 4. The topological polar surface area (TPSA) is 75.7 Å². The number of amides is 1. The van der Waals surface area contributed by atoms with Gasteiger partial charge in [0.05, 0.1) is 18.1 Å². The predicted molar refractivity (Wildman–Crippen MR) is 99.5 cm³/mol. The van der Waals surface area contributed by atoms with Crippen molar-refractivity contribution in [1.29, 1.82) is 0 Å². The van der Waals surface area contributed by atoms with Gasteiger partial charge in [-0.05, 0) is 56.4 Å². The molecule has 1 amide bonds. The van der Waals surface area contributed by atoms with Gasteiger partial charge in [-0.25, -0.2) is 13.1 Å². The normalized spacial score (nSPS) is 18.5. The summed E-state index contributed by atoms with van der Waals surface area (Å²) in [6, 6.07) is 6.15. The van der Waals surface area contributed by atoms with Crippen molar-refractivity contribution in [2.45, 2.75) is 37.0 Å². The number of benzene rings is 1. The summed E-state index contributed by atoms with van der Waals surface area (Å²) in [7, 11) is -3.55. The molecular weight excluding hydrogens is 352 g/mol. The van der Waals surface area contributed by atoms with Crippen LogP contribution < -0.4 is 4.72 Å². The summed E-state index contributed by atoms with van der Waals surface area (Å²) < 4.78 is 32.7. The molecule has 142 valence electrons. The van der Waals surface area contributed by atoms with Crippen LogP contribution in [0.5, 0.6) is 0 Å². The van der Waals surface area contributed by atoms with Gasteiger partial charge in [-0.3, -0.25) is 4.79 Å². The first-order valence-electron chi connectivity index (χ1n) is 9.21. The molecule has 0 spiro atoms. The predicted octanol–water partition coefficient (Wildman–Crippen LogP) is 2.33. The number of ether oxygens (including phenoxy) is 1. The Labute approximate surface area is 155 Å². The van der Waals surface area contributed by atoms with Gasteiger partial charge in [0, 0.05) is 25.2 Å². The SMILES string of the molecule is O=C(c1ccc(S(=O)(=O)NCCC2=CCCCC2)cc1)N1CCOCC1. The van der Waals surface area contributed by atoms with Crippen molar-refractivity contribution < 1.29 is 17.9 Å². The molecule has 1 aliphatic carbocycles. The van der Waals surface area contributed by atoms with E-state index in [4.69, 9.17) is 4.74 Å². The van der Waals surface area contributed by atoms with E-state index in [0.717, 1.165) is 19.3 Å². The molecule has 0 saturated carbocycles. The van der Waals surface area contributed by atoms with Gasteiger partial charge in [0.1, 0.15) is 0 Å². The van der Waals surface area contributed by atoms with Crippen LogP contribution in [0.15, 0.2) is 40.8 Å². The molecule has 1 aromatic carbocycles. The van der Waals surface area contributed by atoms with Crippen molar-refractivity contribution in [3.8, 4) is 0 Å². The zero-order valence-electron chi connectivity index (χ0n) is 14.9. The lowest BCUT2D eigenvalue weighted by Crippen LogP contribution is -2.40. The molecule has 26 heavy (non-hydrogen) atoms. The van der Waals surface area contributed by atoms with E-state index in [0.29, 0.717) is 38.4 Å². The second-order valence-corrected chi connectivity index (χ2v) is 8.45. The first kappa shape index (κ1) is 19.1. The van der Waals surface area contributed by atoms with Gasteiger partial charge in [-0.1, -0.05) is 11.6 Å². The van der Waals surface area contributed by atoms with E-state index >= 15 is 0 Å². The number of hydrogen-bond donors (Lipinski definition) is 1. The van der Waals surface area contributed by atoms with Crippen molar-refractivity contribution in [3.05, 3.63) is 41.5 Å². The van der Waals surface area contributed by atoms with Gasteiger partial charge >= 0.3 is 0 Å². The Kier molecular flexibility index (Phi) is 6.45. The van der Waals surface area contributed by atoms with Gasteiger partial charge in [-0.15, -0.1) is 0 Å². The summed E-state index contributed by atoms with van der Waals surface area (Å²) in [5.74, 6) is -0.0885. The number of sulfonamides is 1. The van der Waals surface area contributed by atoms with Crippen LogP contribution in [-0.2, 0) is 14.8 Å². The number of carbonyl (C=O) groups excluding carboxylic acids is 1. The second-order valence-electron chi connectivity index (χ2n) is 6.68. The van der Waals surface area contributed by atoms with Crippen LogP contribution in [0.4, 0.5) is 0 Å². The number of nitrogens with zero attached hydrogens (tertiary/aromatic N) is 1. The van der Waals surface area contributed by atoms with Gasteiger partial charge in [0.15, 0.2) is 0 Å². The molecule has 0 radical (unpaired) electrons. The average Bonchev–Trinajstić information content (AvgIpc) is 2.69. The summed E-state index contributed by atoms with van der Waals surface area (Å²) in [6.07, 6.45) is 7.57. The Morgan fingerprint density at radius 2 is 1.85 bits per heavy atom. The maximum atomic E-state index is 12.4. The van der Waals surface area contributed by atoms with Crippen molar-refractivity contribution in [1.82, 2.24) is 9.62 Å². The highest BCUT2D eigenvalue weighted by atomic mass is 32.2. The van der Waals surface area contributed by atoms with E-state index in [1.807, 2.05) is 0 Å². The number of allylic oxidation sites excluding steroid dienone is 1. The smallest absolute Gasteiger partial charge is 0.254 e. The Morgan fingerprint density at radius 3 is 2.50 bits per heavy atom. The largest absolute Gasteiger partial charge is 0.378 e. The number of morpholine rings is 1. The van der Waals surface area contributed by atoms with Gasteiger partial charge in [0.2, 0.25) is 10.0 Å². The fourth-order valence-corrected chi connectivity index (χ4v) is 4.32. The average molecular weight is 378 g/mol. The summed E-state index contributed by atoms with van der Waals surface area (Å²) in [6.45, 7) is 2.62. The standard InChI is InChI=1S/C19H26N2O4S/c22-19(21-12-14-25-15-13-21)17-6-8-18(9-7-17)26(23,24)20-11-10-16-4-2-1-3-5-16/h4,6-9,20H,1-3,5,10-15H2. The molecule has 1 N–H and O–H groups in total. The molecule has 3 rings (SSSR count). The minimum absolute atomic E-state index is 0.0885. The lowest BCUT2D eigenvalue weighted by atomic mass is 9.97. The summed E-state index contributed by atoms with van der Waals surface area (Å²) in [4.78, 5) is 14.3. The molecule has 6 nitrogen and oxygen atoms in total. The van der Waals surface area contributed by atoms with E-state index in [-0.39, 0.29) is 10.8 Å². The summed E-state index contributed by atoms with van der Waals surface area (Å²) >= 11 is 0. The zero-order chi connectivity index (χ0) is 18.4. The molecule has 0 unspecified atom stereocenters. The third-order valence-electron chi connectivity index (χ3n) is 4.83. The van der Waals surface area contributed by atoms with Crippen LogP contribution in [0, 0.1) is 0 Å². The quantitative estimate of drug-likeness (QED) is 0.771. The molecule has 1 heterocycles. The molecule has 0 aromatic heterocycles. The van der Waals surface area contributed by atoms with E-state index in [2.05, 4.69) is 10.8 Å². The summed E-state index contributed by atoms with van der Waals surface area (Å²) in [5, 5.41) is 0. The van der Waals surface area contributed by atoms with Crippen LogP contribution in [-0.4, -0.2) is 52.1 Å². The van der Waals surface area contributed by atoms with E-state index in [1.165, 1.54) is 30.5 Å². The third kappa shape index (κ3) is 4.93. The minimum Gasteiger partial charge on any atom is -0.378 e. The highest BCUT2D eigenvalue weighted by Crippen LogP contribution is 2.20. The molecule has 1 aromatic rings. The minimum atomic E-state index is -3.55. The van der Waals surface area contributed by atoms with Crippen molar-refractivity contribution in [2.75, 3.05) is 32.8 Å². The van der Waals surface area contributed by atoms with E-state index in [9.17, 15) is 13.2 Å². The molecule has 7 heteroatoms. The van der Waals surface area contributed by atoms with E-state index < -0.39 is 10.0 Å². The summed E-state index contributed by atoms with van der Waals surface area (Å²) in [5.41, 5.74) is 1.84. The fraction of sp³-hybridized carbons (Fsp3) is 0.526. The lowest BCUT2D eigenvalue weighted by Gasteiger charge is -2.26. The first-order chi connectivity index (χ1) is 12.6. The van der Waals surface area contributed by atoms with Crippen molar-refractivity contribution in [2.24, 2.45) is 0 Å². The lowest BCUT2D eigenvalue weighted by molar-refractivity contribution is 0.0303. The molecular formula is C19H26N2O4S. The van der Waals surface area contributed by atoms with Crippen molar-refractivity contribution >= 4 is 15.9 Å².